The van der Waals surface area contributed by atoms with Crippen LogP contribution in [0.1, 0.15) is 5.56 Å². The van der Waals surface area contributed by atoms with Crippen LogP contribution in [0.5, 0.6) is 11.5 Å². The van der Waals surface area contributed by atoms with Crippen molar-refractivity contribution in [3.63, 3.8) is 0 Å². The molecule has 23 heavy (non-hydrogen) atoms. The zero-order chi connectivity index (χ0) is 16.8. The number of anilines is 2. The highest BCUT2D eigenvalue weighted by Gasteiger charge is 2.09. The Hall–Kier alpha value is -1.96. The molecule has 2 N–H and O–H groups in total. The summed E-state index contributed by atoms with van der Waals surface area (Å²) in [6.45, 7) is 2.18. The van der Waals surface area contributed by atoms with Crippen molar-refractivity contribution >= 4 is 39.9 Å². The molecule has 0 fully saturated rings. The maximum absolute atomic E-state index is 12.2. The monoisotopic (exact) mass is 426 g/mol. The number of carbonyl (C=O) groups excluding carboxylic acids is 1. The minimum Gasteiger partial charge on any atom is -0.497 e. The van der Waals surface area contributed by atoms with Crippen LogP contribution in [0, 0.1) is 10.5 Å². The summed E-state index contributed by atoms with van der Waals surface area (Å²) in [4.78, 5) is 12.2. The maximum atomic E-state index is 12.2. The minimum atomic E-state index is -0.158. The van der Waals surface area contributed by atoms with E-state index in [-0.39, 0.29) is 12.5 Å². The summed E-state index contributed by atoms with van der Waals surface area (Å²) in [5, 5.41) is 5.97. The summed E-state index contributed by atoms with van der Waals surface area (Å²) in [5.41, 5.74) is 2.62. The van der Waals surface area contributed by atoms with E-state index in [0.717, 1.165) is 14.8 Å². The van der Waals surface area contributed by atoms with E-state index in [1.165, 1.54) is 0 Å². The van der Waals surface area contributed by atoms with Crippen molar-refractivity contribution in [3.05, 3.63) is 45.5 Å². The van der Waals surface area contributed by atoms with Gasteiger partial charge < -0.3 is 20.1 Å². The smallest absolute Gasteiger partial charge is 0.243 e. The van der Waals surface area contributed by atoms with E-state index in [1.54, 1.807) is 32.4 Å². The van der Waals surface area contributed by atoms with E-state index in [0.29, 0.717) is 17.2 Å². The maximum Gasteiger partial charge on any atom is 0.243 e. The number of nitrogens with one attached hydrogen (secondary N) is 2. The van der Waals surface area contributed by atoms with Crippen LogP contribution in [0.25, 0.3) is 0 Å². The standard InChI is InChI=1S/C17H19IN2O3/c1-11-8-12(18)4-6-14(11)19-10-17(21)20-15-9-13(22-2)5-7-16(15)23-3/h4-9,19H,10H2,1-3H3,(H,20,21). The molecule has 1 amide bonds. The molecule has 0 bridgehead atoms. The van der Waals surface area contributed by atoms with Gasteiger partial charge >= 0.3 is 0 Å². The molecule has 2 aromatic rings. The van der Waals surface area contributed by atoms with Gasteiger partial charge in [-0.25, -0.2) is 0 Å². The quantitative estimate of drug-likeness (QED) is 0.693. The number of carbonyl (C=O) groups is 1. The van der Waals surface area contributed by atoms with E-state index in [1.807, 2.05) is 19.1 Å². The zero-order valence-corrected chi connectivity index (χ0v) is 15.4. The van der Waals surface area contributed by atoms with Gasteiger partial charge in [-0.1, -0.05) is 0 Å². The Bertz CT molecular complexity index is 704. The molecule has 122 valence electrons. The lowest BCUT2D eigenvalue weighted by atomic mass is 10.2. The number of methoxy groups -OCH3 is 2. The highest BCUT2D eigenvalue weighted by atomic mass is 127. The second-order valence-corrected chi connectivity index (χ2v) is 6.17. The SMILES string of the molecule is COc1ccc(OC)c(NC(=O)CNc2ccc(I)cc2C)c1. The first-order chi connectivity index (χ1) is 11.0. The van der Waals surface area contributed by atoms with Crippen LogP contribution < -0.4 is 20.1 Å². The lowest BCUT2D eigenvalue weighted by Crippen LogP contribution is -2.22. The highest BCUT2D eigenvalue weighted by Crippen LogP contribution is 2.28. The van der Waals surface area contributed by atoms with Gasteiger partial charge in [-0.3, -0.25) is 4.79 Å². The van der Waals surface area contributed by atoms with Gasteiger partial charge in [0.05, 0.1) is 26.5 Å². The number of halogens is 1. The lowest BCUT2D eigenvalue weighted by molar-refractivity contribution is -0.114. The Morgan fingerprint density at radius 2 is 1.87 bits per heavy atom. The molecule has 2 aromatic carbocycles. The van der Waals surface area contributed by atoms with Gasteiger partial charge in [0.1, 0.15) is 11.5 Å². The number of benzene rings is 2. The molecule has 0 aliphatic carbocycles. The largest absolute Gasteiger partial charge is 0.497 e. The van der Waals surface area contributed by atoms with E-state index in [9.17, 15) is 4.79 Å². The fourth-order valence-corrected chi connectivity index (χ4v) is 2.75. The Morgan fingerprint density at radius 1 is 1.09 bits per heavy atom. The summed E-state index contributed by atoms with van der Waals surface area (Å²) in [6, 6.07) is 11.3. The van der Waals surface area contributed by atoms with Crippen LogP contribution in [-0.2, 0) is 4.79 Å². The molecule has 0 atom stereocenters. The molecule has 0 saturated carbocycles. The molecule has 0 unspecified atom stereocenters. The third-order valence-corrected chi connectivity index (χ3v) is 3.98. The topological polar surface area (TPSA) is 59.6 Å². The fraction of sp³-hybridized carbons (Fsp3) is 0.235. The van der Waals surface area contributed by atoms with Gasteiger partial charge in [0.25, 0.3) is 0 Å². The third kappa shape index (κ3) is 4.75. The van der Waals surface area contributed by atoms with Gasteiger partial charge in [-0.05, 0) is 65.4 Å². The predicted octanol–water partition coefficient (Wildman–Crippen LogP) is 3.67. The number of hydrogen-bond acceptors (Lipinski definition) is 4. The third-order valence-electron chi connectivity index (χ3n) is 3.31. The summed E-state index contributed by atoms with van der Waals surface area (Å²) >= 11 is 2.26. The van der Waals surface area contributed by atoms with Crippen molar-refractivity contribution in [1.82, 2.24) is 0 Å². The lowest BCUT2D eigenvalue weighted by Gasteiger charge is -2.13. The molecule has 0 aliphatic rings. The normalized spacial score (nSPS) is 10.1. The Balaban J connectivity index is 2.02. The second-order valence-electron chi connectivity index (χ2n) is 4.93. The van der Waals surface area contributed by atoms with Crippen molar-refractivity contribution in [1.29, 1.82) is 0 Å². The average Bonchev–Trinajstić information content (AvgIpc) is 2.54. The predicted molar refractivity (Wildman–Crippen MR) is 101 cm³/mol. The van der Waals surface area contributed by atoms with Crippen LogP contribution in [0.15, 0.2) is 36.4 Å². The first-order valence-electron chi connectivity index (χ1n) is 7.05. The number of rotatable bonds is 6. The summed E-state index contributed by atoms with van der Waals surface area (Å²) in [5.74, 6) is 1.08. The van der Waals surface area contributed by atoms with E-state index in [4.69, 9.17) is 9.47 Å². The zero-order valence-electron chi connectivity index (χ0n) is 13.3. The first kappa shape index (κ1) is 17.4. The molecule has 0 saturated heterocycles. The van der Waals surface area contributed by atoms with Crippen LogP contribution in [0.3, 0.4) is 0 Å². The van der Waals surface area contributed by atoms with Gasteiger partial charge in [0.2, 0.25) is 5.91 Å². The van der Waals surface area contributed by atoms with E-state index < -0.39 is 0 Å². The molecule has 6 heteroatoms. The molecule has 0 radical (unpaired) electrons. The van der Waals surface area contributed by atoms with Crippen LogP contribution in [0.4, 0.5) is 11.4 Å². The van der Waals surface area contributed by atoms with E-state index in [2.05, 4.69) is 39.3 Å². The van der Waals surface area contributed by atoms with Crippen LogP contribution in [0.2, 0.25) is 0 Å². The Kier molecular flexibility index (Phi) is 6.09. The number of hydrogen-bond donors (Lipinski definition) is 2. The summed E-state index contributed by atoms with van der Waals surface area (Å²) in [7, 11) is 3.14. The van der Waals surface area contributed by atoms with Gasteiger partial charge in [-0.15, -0.1) is 0 Å². The molecule has 0 heterocycles. The van der Waals surface area contributed by atoms with Gasteiger partial charge in [0.15, 0.2) is 0 Å². The van der Waals surface area contributed by atoms with Crippen LogP contribution >= 0.6 is 22.6 Å². The van der Waals surface area contributed by atoms with Gasteiger partial charge in [0, 0.05) is 15.3 Å². The molecule has 2 rings (SSSR count). The van der Waals surface area contributed by atoms with Crippen molar-refractivity contribution in [2.75, 3.05) is 31.4 Å². The molecular formula is C17H19IN2O3. The number of ether oxygens (including phenoxy) is 2. The first-order valence-corrected chi connectivity index (χ1v) is 8.13. The van der Waals surface area contributed by atoms with Crippen LogP contribution in [-0.4, -0.2) is 26.7 Å². The number of aryl methyl sites for hydroxylation is 1. The molecule has 0 spiro atoms. The summed E-state index contributed by atoms with van der Waals surface area (Å²) in [6.07, 6.45) is 0. The minimum absolute atomic E-state index is 0.158. The molecule has 5 nitrogen and oxygen atoms in total. The molecular weight excluding hydrogens is 407 g/mol. The van der Waals surface area contributed by atoms with Gasteiger partial charge in [-0.2, -0.15) is 0 Å². The molecule has 0 aliphatic heterocycles. The van der Waals surface area contributed by atoms with Crippen molar-refractivity contribution in [3.8, 4) is 11.5 Å². The highest BCUT2D eigenvalue weighted by molar-refractivity contribution is 14.1. The van der Waals surface area contributed by atoms with E-state index >= 15 is 0 Å². The second kappa shape index (κ2) is 8.05. The van der Waals surface area contributed by atoms with Crippen molar-refractivity contribution in [2.45, 2.75) is 6.92 Å². The van der Waals surface area contributed by atoms with Crippen molar-refractivity contribution in [2.24, 2.45) is 0 Å². The Morgan fingerprint density at radius 3 is 2.52 bits per heavy atom. The summed E-state index contributed by atoms with van der Waals surface area (Å²) < 4.78 is 11.6. The molecule has 0 aromatic heterocycles. The van der Waals surface area contributed by atoms with Crippen molar-refractivity contribution < 1.29 is 14.3 Å². The average molecular weight is 426 g/mol. The Labute approximate surface area is 149 Å². The fourth-order valence-electron chi connectivity index (χ4n) is 2.11. The number of amides is 1.